The smallest absolute Gasteiger partial charge is 0.307 e. The third-order valence-electron chi connectivity index (χ3n) is 3.37. The number of nitrogens with zero attached hydrogens (tertiary/aromatic N) is 2. The second-order valence-corrected chi connectivity index (χ2v) is 4.20. The van der Waals surface area contributed by atoms with Gasteiger partial charge < -0.3 is 5.32 Å². The molecule has 1 aliphatic rings. The average Bonchev–Trinajstić information content (AvgIpc) is 2.39. The molecule has 1 heterocycles. The third-order valence-corrected chi connectivity index (χ3v) is 3.37. The normalized spacial score (nSPS) is 25.7. The number of likely N-dealkylation sites (N-methyl/N-ethyl adjacent to an activating group) is 1. The first-order valence-electron chi connectivity index (χ1n) is 5.87. The molecule has 0 spiro atoms. The zero-order valence-electron chi connectivity index (χ0n) is 9.93. The van der Waals surface area contributed by atoms with Crippen molar-refractivity contribution in [3.05, 3.63) is 46.0 Å². The molecule has 5 heteroatoms. The molecule has 0 aromatic heterocycles. The fourth-order valence-corrected chi connectivity index (χ4v) is 2.47. The molecule has 5 nitrogen and oxygen atoms in total. The Morgan fingerprint density at radius 1 is 1.47 bits per heavy atom. The number of piperazine rings is 1. The zero-order valence-corrected chi connectivity index (χ0v) is 9.93. The van der Waals surface area contributed by atoms with Crippen LogP contribution in [0.1, 0.15) is 12.5 Å². The van der Waals surface area contributed by atoms with Crippen LogP contribution in [0.4, 0.5) is 0 Å². The van der Waals surface area contributed by atoms with Gasteiger partial charge in [0.1, 0.15) is 0 Å². The Morgan fingerprint density at radius 3 is 2.76 bits per heavy atom. The summed E-state index contributed by atoms with van der Waals surface area (Å²) in [5.74, 6) is 0. The first kappa shape index (κ1) is 12.0. The number of nitrogens with one attached hydrogen (secondary N) is 1. The Morgan fingerprint density at radius 2 is 2.18 bits per heavy atom. The first-order valence-corrected chi connectivity index (χ1v) is 5.87. The molecule has 1 N–H and O–H groups in total. The molecule has 17 heavy (non-hydrogen) atoms. The average molecular weight is 235 g/mol. The molecule has 1 atom stereocenters. The van der Waals surface area contributed by atoms with E-state index in [1.807, 2.05) is 42.2 Å². The van der Waals surface area contributed by atoms with Gasteiger partial charge in [0.25, 0.3) is 0 Å². The Kier molecular flexibility index (Phi) is 3.40. The molecule has 1 fully saturated rings. The summed E-state index contributed by atoms with van der Waals surface area (Å²) in [5.41, 5.74) is -0.368. The fourth-order valence-electron chi connectivity index (χ4n) is 2.47. The van der Waals surface area contributed by atoms with E-state index >= 15 is 0 Å². The Hall–Kier alpha value is -1.46. The lowest BCUT2D eigenvalue weighted by Gasteiger charge is -2.39. The molecule has 1 aromatic carbocycles. The molecule has 0 amide bonds. The monoisotopic (exact) mass is 235 g/mol. The van der Waals surface area contributed by atoms with Crippen LogP contribution in [0, 0.1) is 10.1 Å². The predicted molar refractivity (Wildman–Crippen MR) is 65.2 cm³/mol. The fraction of sp³-hybridized carbons (Fsp3) is 0.500. The highest BCUT2D eigenvalue weighted by molar-refractivity contribution is 5.23. The van der Waals surface area contributed by atoms with Gasteiger partial charge in [0, 0.05) is 30.1 Å². The van der Waals surface area contributed by atoms with Crippen molar-refractivity contribution in [3.63, 3.8) is 0 Å². The zero-order chi connectivity index (χ0) is 12.3. The van der Waals surface area contributed by atoms with Crippen molar-refractivity contribution in [3.8, 4) is 0 Å². The van der Waals surface area contributed by atoms with Crippen LogP contribution in [0.25, 0.3) is 0 Å². The van der Waals surface area contributed by atoms with Crippen LogP contribution < -0.4 is 5.32 Å². The molecule has 1 saturated heterocycles. The van der Waals surface area contributed by atoms with Crippen LogP contribution in [0.5, 0.6) is 0 Å². The van der Waals surface area contributed by atoms with E-state index in [4.69, 9.17) is 0 Å². The number of hydrogen-bond acceptors (Lipinski definition) is 4. The summed E-state index contributed by atoms with van der Waals surface area (Å²) in [7, 11) is 0. The number of hydrogen-bond donors (Lipinski definition) is 1. The van der Waals surface area contributed by atoms with E-state index in [2.05, 4.69) is 5.32 Å². The van der Waals surface area contributed by atoms with E-state index in [1.54, 1.807) is 0 Å². The summed E-state index contributed by atoms with van der Waals surface area (Å²) in [6.45, 7) is 4.50. The standard InChI is InChI=1S/C12H17N3O2/c1-2-14-9-8-13-10-12(14,15(16)17)11-6-4-3-5-7-11/h3-7,13H,2,8-10H2,1H3. The Balaban J connectivity index is 2.47. The second-order valence-electron chi connectivity index (χ2n) is 4.20. The van der Waals surface area contributed by atoms with Gasteiger partial charge in [-0.25, -0.2) is 4.90 Å². The van der Waals surface area contributed by atoms with Gasteiger partial charge in [-0.3, -0.25) is 10.1 Å². The van der Waals surface area contributed by atoms with E-state index in [9.17, 15) is 10.1 Å². The minimum absolute atomic E-state index is 0.169. The number of nitro groups is 1. The molecular formula is C12H17N3O2. The maximum atomic E-state index is 11.6. The van der Waals surface area contributed by atoms with E-state index in [1.165, 1.54) is 0 Å². The highest BCUT2D eigenvalue weighted by Crippen LogP contribution is 2.30. The van der Waals surface area contributed by atoms with Gasteiger partial charge in [-0.15, -0.1) is 0 Å². The Bertz CT molecular complexity index is 396. The highest BCUT2D eigenvalue weighted by Gasteiger charge is 2.51. The first-order chi connectivity index (χ1) is 8.21. The Labute approximate surface area is 101 Å². The molecule has 0 aliphatic carbocycles. The highest BCUT2D eigenvalue weighted by atomic mass is 16.6. The summed E-state index contributed by atoms with van der Waals surface area (Å²) in [4.78, 5) is 13.3. The maximum Gasteiger partial charge on any atom is 0.315 e. The van der Waals surface area contributed by atoms with Gasteiger partial charge in [0.2, 0.25) is 0 Å². The van der Waals surface area contributed by atoms with Crippen molar-refractivity contribution in [2.45, 2.75) is 12.6 Å². The van der Waals surface area contributed by atoms with E-state index in [0.29, 0.717) is 19.6 Å². The quantitative estimate of drug-likeness (QED) is 0.628. The van der Waals surface area contributed by atoms with Crippen molar-refractivity contribution in [1.29, 1.82) is 0 Å². The molecule has 92 valence electrons. The van der Waals surface area contributed by atoms with E-state index in [0.717, 1.165) is 12.1 Å². The van der Waals surface area contributed by atoms with Gasteiger partial charge in [0.15, 0.2) is 0 Å². The van der Waals surface area contributed by atoms with Crippen LogP contribution in [-0.2, 0) is 5.66 Å². The molecule has 1 aromatic rings. The van der Waals surface area contributed by atoms with Crippen LogP contribution in [0.2, 0.25) is 0 Å². The minimum Gasteiger partial charge on any atom is -0.307 e. The molecule has 1 aliphatic heterocycles. The molecule has 0 radical (unpaired) electrons. The lowest BCUT2D eigenvalue weighted by molar-refractivity contribution is -0.612. The summed E-state index contributed by atoms with van der Waals surface area (Å²) in [6, 6.07) is 9.24. The predicted octanol–water partition coefficient (Wildman–Crippen LogP) is 1.04. The molecule has 1 unspecified atom stereocenters. The summed E-state index contributed by atoms with van der Waals surface area (Å²) in [5, 5.41) is 14.7. The summed E-state index contributed by atoms with van der Waals surface area (Å²) < 4.78 is 0. The van der Waals surface area contributed by atoms with Crippen molar-refractivity contribution in [2.24, 2.45) is 0 Å². The molecule has 0 saturated carbocycles. The lowest BCUT2D eigenvalue weighted by atomic mass is 9.96. The van der Waals surface area contributed by atoms with Gasteiger partial charge in [-0.05, 0) is 0 Å². The van der Waals surface area contributed by atoms with Gasteiger partial charge in [-0.2, -0.15) is 0 Å². The topological polar surface area (TPSA) is 58.4 Å². The van der Waals surface area contributed by atoms with Gasteiger partial charge in [-0.1, -0.05) is 37.3 Å². The van der Waals surface area contributed by atoms with Crippen molar-refractivity contribution in [2.75, 3.05) is 26.2 Å². The second kappa shape index (κ2) is 4.81. The SMILES string of the molecule is CCN1CCNCC1(c1ccccc1)[N+](=O)[O-]. The van der Waals surface area contributed by atoms with Gasteiger partial charge >= 0.3 is 5.66 Å². The summed E-state index contributed by atoms with van der Waals surface area (Å²) >= 11 is 0. The molecule has 2 rings (SSSR count). The largest absolute Gasteiger partial charge is 0.315 e. The maximum absolute atomic E-state index is 11.6. The minimum atomic E-state index is -1.12. The summed E-state index contributed by atoms with van der Waals surface area (Å²) in [6.07, 6.45) is 0. The van der Waals surface area contributed by atoms with Crippen molar-refractivity contribution < 1.29 is 4.92 Å². The molecular weight excluding hydrogens is 218 g/mol. The number of benzene rings is 1. The third kappa shape index (κ3) is 1.92. The number of rotatable bonds is 3. The van der Waals surface area contributed by atoms with E-state index < -0.39 is 5.66 Å². The van der Waals surface area contributed by atoms with Crippen LogP contribution in [0.3, 0.4) is 0 Å². The van der Waals surface area contributed by atoms with Crippen molar-refractivity contribution >= 4 is 0 Å². The lowest BCUT2D eigenvalue weighted by Crippen LogP contribution is -2.62. The van der Waals surface area contributed by atoms with Crippen LogP contribution in [0.15, 0.2) is 30.3 Å². The van der Waals surface area contributed by atoms with Crippen molar-refractivity contribution in [1.82, 2.24) is 10.2 Å². The van der Waals surface area contributed by atoms with Gasteiger partial charge in [0.05, 0.1) is 6.54 Å². The van der Waals surface area contributed by atoms with Crippen LogP contribution in [-0.4, -0.2) is 36.0 Å². The molecule has 0 bridgehead atoms. The van der Waals surface area contributed by atoms with Crippen LogP contribution >= 0.6 is 0 Å². The van der Waals surface area contributed by atoms with E-state index in [-0.39, 0.29) is 4.92 Å².